The van der Waals surface area contributed by atoms with E-state index in [4.69, 9.17) is 0 Å². The van der Waals surface area contributed by atoms with Gasteiger partial charge >= 0.3 is 0 Å². The summed E-state index contributed by atoms with van der Waals surface area (Å²) in [7, 11) is 0. The van der Waals surface area contributed by atoms with Crippen molar-refractivity contribution >= 4 is 5.78 Å². The highest BCUT2D eigenvalue weighted by Crippen LogP contribution is 2.34. The Morgan fingerprint density at radius 2 is 1.75 bits per heavy atom. The molecule has 0 saturated heterocycles. The molecule has 2 N–H and O–H groups in total. The third kappa shape index (κ3) is 1.27. The highest BCUT2D eigenvalue weighted by atomic mass is 16.3. The molecule has 1 aliphatic rings. The molecule has 0 spiro atoms. The molecule has 4 atom stereocenters. The lowest BCUT2D eigenvalue weighted by Crippen LogP contribution is -2.27. The molecule has 3 nitrogen and oxygen atoms in total. The van der Waals surface area contributed by atoms with Crippen LogP contribution in [0.2, 0.25) is 0 Å². The predicted octanol–water partition coefficient (Wildman–Crippen LogP) is 0.199. The fraction of sp³-hybridized carbons (Fsp3) is 0.889. The van der Waals surface area contributed by atoms with Crippen molar-refractivity contribution in [3.8, 4) is 0 Å². The van der Waals surface area contributed by atoms with Crippen molar-refractivity contribution in [2.24, 2.45) is 17.8 Å². The van der Waals surface area contributed by atoms with Gasteiger partial charge in [0, 0.05) is 0 Å². The highest BCUT2D eigenvalue weighted by molar-refractivity contribution is 5.89. The van der Waals surface area contributed by atoms with Crippen molar-refractivity contribution in [1.82, 2.24) is 0 Å². The lowest BCUT2D eigenvalue weighted by molar-refractivity contribution is -0.132. The van der Waals surface area contributed by atoms with Crippen molar-refractivity contribution < 1.29 is 15.0 Å². The topological polar surface area (TPSA) is 57.5 Å². The van der Waals surface area contributed by atoms with E-state index in [-0.39, 0.29) is 17.8 Å². The molecule has 3 heteroatoms. The average Bonchev–Trinajstić information content (AvgIpc) is 2.16. The Balaban J connectivity index is 2.83. The van der Waals surface area contributed by atoms with Crippen LogP contribution in [-0.4, -0.2) is 28.2 Å². The van der Waals surface area contributed by atoms with Crippen LogP contribution in [0, 0.1) is 17.8 Å². The van der Waals surface area contributed by atoms with E-state index in [2.05, 4.69) is 0 Å². The quantitative estimate of drug-likeness (QED) is 0.594. The molecule has 0 aromatic heterocycles. The van der Waals surface area contributed by atoms with Crippen LogP contribution in [0.1, 0.15) is 20.8 Å². The molecule has 12 heavy (non-hydrogen) atoms. The van der Waals surface area contributed by atoms with Crippen LogP contribution in [0.15, 0.2) is 0 Å². The van der Waals surface area contributed by atoms with Crippen LogP contribution >= 0.6 is 0 Å². The highest BCUT2D eigenvalue weighted by Gasteiger charge is 2.47. The molecule has 1 rings (SSSR count). The Hall–Kier alpha value is -0.410. The fourth-order valence-corrected chi connectivity index (χ4v) is 2.09. The van der Waals surface area contributed by atoms with E-state index < -0.39 is 18.0 Å². The molecular weight excluding hydrogens is 156 g/mol. The summed E-state index contributed by atoms with van der Waals surface area (Å²) in [6, 6.07) is 0. The molecule has 0 aromatic carbocycles. The average molecular weight is 172 g/mol. The maximum absolute atomic E-state index is 11.1. The molecule has 1 aliphatic carbocycles. The van der Waals surface area contributed by atoms with Crippen molar-refractivity contribution in [3.05, 3.63) is 0 Å². The van der Waals surface area contributed by atoms with Gasteiger partial charge in [0.15, 0.2) is 5.78 Å². The summed E-state index contributed by atoms with van der Waals surface area (Å²) >= 11 is 0. The van der Waals surface area contributed by atoms with E-state index in [1.165, 1.54) is 0 Å². The predicted molar refractivity (Wildman–Crippen MR) is 44.5 cm³/mol. The maximum Gasteiger partial charge on any atom is 0.190 e. The first-order valence-corrected chi connectivity index (χ1v) is 4.36. The van der Waals surface area contributed by atoms with Crippen LogP contribution in [0.3, 0.4) is 0 Å². The van der Waals surface area contributed by atoms with Gasteiger partial charge < -0.3 is 10.2 Å². The maximum atomic E-state index is 11.1. The zero-order valence-electron chi connectivity index (χ0n) is 7.69. The zero-order chi connectivity index (χ0) is 9.46. The van der Waals surface area contributed by atoms with Gasteiger partial charge in [-0.3, -0.25) is 4.79 Å². The first-order chi connectivity index (χ1) is 5.46. The zero-order valence-corrected chi connectivity index (χ0v) is 7.69. The number of aliphatic hydroxyl groups is 2. The number of rotatable bonds is 1. The summed E-state index contributed by atoms with van der Waals surface area (Å²) in [4.78, 5) is 11.1. The summed E-state index contributed by atoms with van der Waals surface area (Å²) < 4.78 is 0. The van der Waals surface area contributed by atoms with Gasteiger partial charge in [-0.25, -0.2) is 0 Å². The van der Waals surface area contributed by atoms with E-state index >= 15 is 0 Å². The molecule has 70 valence electrons. The van der Waals surface area contributed by atoms with Gasteiger partial charge in [-0.15, -0.1) is 0 Å². The summed E-state index contributed by atoms with van der Waals surface area (Å²) in [5.41, 5.74) is 0. The van der Waals surface area contributed by atoms with Crippen LogP contribution in [-0.2, 0) is 4.79 Å². The third-order valence-corrected chi connectivity index (χ3v) is 2.82. The molecule has 0 bridgehead atoms. The second kappa shape index (κ2) is 3.15. The number of hydrogen-bond acceptors (Lipinski definition) is 3. The van der Waals surface area contributed by atoms with Crippen molar-refractivity contribution in [2.75, 3.05) is 0 Å². The Morgan fingerprint density at radius 1 is 1.25 bits per heavy atom. The molecule has 0 radical (unpaired) electrons. The Kier molecular flexibility index (Phi) is 2.54. The summed E-state index contributed by atoms with van der Waals surface area (Å²) in [6.07, 6.45) is -1.93. The molecule has 0 aliphatic heterocycles. The van der Waals surface area contributed by atoms with E-state index in [9.17, 15) is 15.0 Å². The first-order valence-electron chi connectivity index (χ1n) is 4.36. The van der Waals surface area contributed by atoms with Gasteiger partial charge in [0.2, 0.25) is 0 Å². The lowest BCUT2D eigenvalue weighted by atomic mass is 9.85. The Labute approximate surface area is 72.4 Å². The van der Waals surface area contributed by atoms with Crippen LogP contribution in [0.5, 0.6) is 0 Å². The monoisotopic (exact) mass is 172 g/mol. The number of hydrogen-bond donors (Lipinski definition) is 2. The number of carbonyl (C=O) groups is 1. The van der Waals surface area contributed by atoms with E-state index in [0.717, 1.165) is 0 Å². The van der Waals surface area contributed by atoms with Gasteiger partial charge in [-0.05, 0) is 17.8 Å². The number of ketones is 1. The SMILES string of the molecule is CC(C)C1C(O)C(=O)C(O)C1C. The number of Topliss-reactive ketones (excluding diaryl/α,β-unsaturated/α-hetero) is 1. The van der Waals surface area contributed by atoms with Gasteiger partial charge in [-0.1, -0.05) is 20.8 Å². The van der Waals surface area contributed by atoms with Crippen LogP contribution < -0.4 is 0 Å². The molecule has 1 saturated carbocycles. The van der Waals surface area contributed by atoms with Crippen molar-refractivity contribution in [1.29, 1.82) is 0 Å². The molecule has 0 heterocycles. The first kappa shape index (κ1) is 9.68. The Morgan fingerprint density at radius 3 is 1.92 bits per heavy atom. The van der Waals surface area contributed by atoms with Crippen LogP contribution in [0.4, 0.5) is 0 Å². The van der Waals surface area contributed by atoms with E-state index in [0.29, 0.717) is 0 Å². The molecule has 0 aromatic rings. The normalized spacial score (nSPS) is 42.7. The summed E-state index contributed by atoms with van der Waals surface area (Å²) in [5, 5.41) is 18.8. The lowest BCUT2D eigenvalue weighted by Gasteiger charge is -2.21. The van der Waals surface area contributed by atoms with Gasteiger partial charge in [-0.2, -0.15) is 0 Å². The minimum Gasteiger partial charge on any atom is -0.385 e. The minimum absolute atomic E-state index is 0.0903. The van der Waals surface area contributed by atoms with Crippen LogP contribution in [0.25, 0.3) is 0 Å². The van der Waals surface area contributed by atoms with Crippen molar-refractivity contribution in [2.45, 2.75) is 33.0 Å². The summed E-state index contributed by atoms with van der Waals surface area (Å²) in [6.45, 7) is 5.72. The van der Waals surface area contributed by atoms with E-state index in [1.807, 2.05) is 20.8 Å². The van der Waals surface area contributed by atoms with Gasteiger partial charge in [0.05, 0.1) is 0 Å². The summed E-state index contributed by atoms with van der Waals surface area (Å²) in [5.74, 6) is -0.391. The minimum atomic E-state index is -0.965. The number of carbonyl (C=O) groups excluding carboxylic acids is 1. The second-order valence-electron chi connectivity index (χ2n) is 3.97. The standard InChI is InChI=1S/C9H16O3/c1-4(2)6-5(3)7(10)9(12)8(6)11/h4-8,10-11H,1-3H3. The smallest absolute Gasteiger partial charge is 0.190 e. The largest absolute Gasteiger partial charge is 0.385 e. The molecule has 1 fully saturated rings. The third-order valence-electron chi connectivity index (χ3n) is 2.82. The second-order valence-corrected chi connectivity index (χ2v) is 3.97. The van der Waals surface area contributed by atoms with Gasteiger partial charge in [0.1, 0.15) is 12.2 Å². The van der Waals surface area contributed by atoms with Gasteiger partial charge in [0.25, 0.3) is 0 Å². The van der Waals surface area contributed by atoms with E-state index in [1.54, 1.807) is 0 Å². The molecular formula is C9H16O3. The molecule has 4 unspecified atom stereocenters. The fourth-order valence-electron chi connectivity index (χ4n) is 2.09. The molecule has 0 amide bonds. The van der Waals surface area contributed by atoms with Crippen molar-refractivity contribution in [3.63, 3.8) is 0 Å². The Bertz CT molecular complexity index is 188. The number of aliphatic hydroxyl groups excluding tert-OH is 2.